The van der Waals surface area contributed by atoms with Crippen LogP contribution in [0.5, 0.6) is 5.75 Å². The standard InChI is InChI=1S/C11H9FN4O/c1-17-9-3-2-6(12)4-7(9)11-15-8(5-13)10(14)16-11/h2-4H,14H2,1H3,(H,15,16). The molecule has 0 fully saturated rings. The maximum absolute atomic E-state index is 13.2. The Morgan fingerprint density at radius 2 is 2.29 bits per heavy atom. The second-order valence-electron chi connectivity index (χ2n) is 3.30. The molecule has 0 aliphatic rings. The van der Waals surface area contributed by atoms with Crippen molar-refractivity contribution in [2.45, 2.75) is 0 Å². The highest BCUT2D eigenvalue weighted by Crippen LogP contribution is 2.29. The molecular formula is C11H9FN4O. The lowest BCUT2D eigenvalue weighted by molar-refractivity contribution is 0.415. The molecule has 17 heavy (non-hydrogen) atoms. The van der Waals surface area contributed by atoms with Gasteiger partial charge in [0, 0.05) is 0 Å². The van der Waals surface area contributed by atoms with Gasteiger partial charge < -0.3 is 15.5 Å². The summed E-state index contributed by atoms with van der Waals surface area (Å²) < 4.78 is 18.3. The molecule has 0 unspecified atom stereocenters. The van der Waals surface area contributed by atoms with Crippen LogP contribution < -0.4 is 10.5 Å². The normalized spacial score (nSPS) is 9.94. The van der Waals surface area contributed by atoms with Gasteiger partial charge in [-0.05, 0) is 18.2 Å². The molecule has 2 rings (SSSR count). The molecule has 1 aromatic carbocycles. The molecule has 6 heteroatoms. The van der Waals surface area contributed by atoms with Crippen molar-refractivity contribution in [2.75, 3.05) is 12.8 Å². The Labute approximate surface area is 96.7 Å². The summed E-state index contributed by atoms with van der Waals surface area (Å²) in [5.41, 5.74) is 6.08. The highest BCUT2D eigenvalue weighted by Gasteiger charge is 2.13. The number of methoxy groups -OCH3 is 1. The van der Waals surface area contributed by atoms with Crippen molar-refractivity contribution in [3.05, 3.63) is 29.7 Å². The van der Waals surface area contributed by atoms with E-state index >= 15 is 0 Å². The van der Waals surface area contributed by atoms with Gasteiger partial charge >= 0.3 is 0 Å². The van der Waals surface area contributed by atoms with Gasteiger partial charge in [-0.25, -0.2) is 9.37 Å². The van der Waals surface area contributed by atoms with Gasteiger partial charge in [0.2, 0.25) is 0 Å². The average Bonchev–Trinajstić information content (AvgIpc) is 2.70. The minimum atomic E-state index is -0.422. The SMILES string of the molecule is COc1ccc(F)cc1-c1nc(N)c(C#N)[nH]1. The van der Waals surface area contributed by atoms with Crippen molar-refractivity contribution in [3.63, 3.8) is 0 Å². The maximum Gasteiger partial charge on any atom is 0.161 e. The van der Waals surface area contributed by atoms with E-state index in [9.17, 15) is 4.39 Å². The highest BCUT2D eigenvalue weighted by molar-refractivity contribution is 5.67. The van der Waals surface area contributed by atoms with Crippen LogP contribution in [0, 0.1) is 17.1 Å². The fourth-order valence-corrected chi connectivity index (χ4v) is 1.46. The summed E-state index contributed by atoms with van der Waals surface area (Å²) in [5.74, 6) is 0.406. The lowest BCUT2D eigenvalue weighted by atomic mass is 10.2. The first-order valence-electron chi connectivity index (χ1n) is 4.75. The number of aromatic amines is 1. The Morgan fingerprint density at radius 1 is 1.53 bits per heavy atom. The van der Waals surface area contributed by atoms with Gasteiger partial charge in [0.05, 0.1) is 12.7 Å². The van der Waals surface area contributed by atoms with E-state index in [-0.39, 0.29) is 11.5 Å². The van der Waals surface area contributed by atoms with E-state index < -0.39 is 5.82 Å². The van der Waals surface area contributed by atoms with E-state index in [1.165, 1.54) is 25.3 Å². The molecule has 86 valence electrons. The van der Waals surface area contributed by atoms with Gasteiger partial charge in [0.15, 0.2) is 11.5 Å². The molecule has 0 saturated carbocycles. The number of imidazole rings is 1. The number of nitrogens with one attached hydrogen (secondary N) is 1. The predicted molar refractivity (Wildman–Crippen MR) is 59.7 cm³/mol. The Morgan fingerprint density at radius 3 is 2.88 bits per heavy atom. The zero-order valence-electron chi connectivity index (χ0n) is 8.99. The van der Waals surface area contributed by atoms with Crippen LogP contribution in [-0.2, 0) is 0 Å². The predicted octanol–water partition coefficient (Wildman–Crippen LogP) is 1.68. The van der Waals surface area contributed by atoms with Gasteiger partial charge in [0.1, 0.15) is 23.5 Å². The molecule has 0 radical (unpaired) electrons. The van der Waals surface area contributed by atoms with E-state index in [4.69, 9.17) is 15.7 Å². The van der Waals surface area contributed by atoms with Crippen LogP contribution in [0.4, 0.5) is 10.2 Å². The fraction of sp³-hybridized carbons (Fsp3) is 0.0909. The van der Waals surface area contributed by atoms with Crippen LogP contribution in [0.1, 0.15) is 5.69 Å². The van der Waals surface area contributed by atoms with Crippen molar-refractivity contribution in [2.24, 2.45) is 0 Å². The number of H-pyrrole nitrogens is 1. The number of hydrogen-bond donors (Lipinski definition) is 2. The molecule has 0 aliphatic heterocycles. The zero-order valence-corrected chi connectivity index (χ0v) is 8.99. The Balaban J connectivity index is 2.59. The van der Waals surface area contributed by atoms with Gasteiger partial charge in [-0.1, -0.05) is 0 Å². The van der Waals surface area contributed by atoms with E-state index in [0.29, 0.717) is 17.1 Å². The summed E-state index contributed by atoms with van der Waals surface area (Å²) in [7, 11) is 1.47. The van der Waals surface area contributed by atoms with Gasteiger partial charge in [-0.15, -0.1) is 0 Å². The summed E-state index contributed by atoms with van der Waals surface area (Å²) in [6, 6.07) is 5.88. The van der Waals surface area contributed by atoms with Crippen molar-refractivity contribution in [3.8, 4) is 23.2 Å². The summed E-state index contributed by atoms with van der Waals surface area (Å²) in [6.07, 6.45) is 0. The third-order valence-corrected chi connectivity index (χ3v) is 2.26. The van der Waals surface area contributed by atoms with Crippen LogP contribution >= 0.6 is 0 Å². The molecule has 0 spiro atoms. The highest BCUT2D eigenvalue weighted by atomic mass is 19.1. The van der Waals surface area contributed by atoms with Crippen molar-refractivity contribution < 1.29 is 9.13 Å². The molecule has 0 aliphatic carbocycles. The Bertz CT molecular complexity index is 600. The lowest BCUT2D eigenvalue weighted by Crippen LogP contribution is -1.91. The van der Waals surface area contributed by atoms with Crippen LogP contribution in [0.15, 0.2) is 18.2 Å². The number of benzene rings is 1. The quantitative estimate of drug-likeness (QED) is 0.824. The largest absolute Gasteiger partial charge is 0.496 e. The number of nitrogens with zero attached hydrogens (tertiary/aromatic N) is 2. The Kier molecular flexibility index (Phi) is 2.66. The summed E-state index contributed by atoms with van der Waals surface area (Å²) in [6.45, 7) is 0. The zero-order chi connectivity index (χ0) is 12.4. The van der Waals surface area contributed by atoms with Crippen LogP contribution in [-0.4, -0.2) is 17.1 Å². The maximum atomic E-state index is 13.2. The number of rotatable bonds is 2. The number of nitrogens with two attached hydrogens (primary N) is 1. The number of anilines is 1. The molecule has 0 bridgehead atoms. The molecule has 1 aromatic heterocycles. The number of halogens is 1. The molecule has 0 atom stereocenters. The molecule has 0 amide bonds. The number of ether oxygens (including phenoxy) is 1. The molecule has 3 N–H and O–H groups in total. The van der Waals surface area contributed by atoms with Gasteiger partial charge in [-0.2, -0.15) is 5.26 Å². The third-order valence-electron chi connectivity index (χ3n) is 2.26. The summed E-state index contributed by atoms with van der Waals surface area (Å²) in [5, 5.41) is 8.75. The van der Waals surface area contributed by atoms with Crippen LogP contribution in [0.2, 0.25) is 0 Å². The monoisotopic (exact) mass is 232 g/mol. The molecule has 1 heterocycles. The van der Waals surface area contributed by atoms with Crippen molar-refractivity contribution in [1.82, 2.24) is 9.97 Å². The van der Waals surface area contributed by atoms with Gasteiger partial charge in [-0.3, -0.25) is 0 Å². The van der Waals surface area contributed by atoms with Crippen molar-refractivity contribution >= 4 is 5.82 Å². The summed E-state index contributed by atoms with van der Waals surface area (Å²) in [4.78, 5) is 6.66. The minimum absolute atomic E-state index is 0.0776. The summed E-state index contributed by atoms with van der Waals surface area (Å²) >= 11 is 0. The first-order valence-corrected chi connectivity index (χ1v) is 4.75. The van der Waals surface area contributed by atoms with Gasteiger partial charge in [0.25, 0.3) is 0 Å². The minimum Gasteiger partial charge on any atom is -0.496 e. The number of nitriles is 1. The first kappa shape index (κ1) is 11.0. The van der Waals surface area contributed by atoms with E-state index in [1.54, 1.807) is 0 Å². The lowest BCUT2D eigenvalue weighted by Gasteiger charge is -2.05. The smallest absolute Gasteiger partial charge is 0.161 e. The van der Waals surface area contributed by atoms with E-state index in [1.807, 2.05) is 6.07 Å². The topological polar surface area (TPSA) is 87.7 Å². The van der Waals surface area contributed by atoms with Crippen LogP contribution in [0.25, 0.3) is 11.4 Å². The number of aromatic nitrogens is 2. The second-order valence-corrected chi connectivity index (χ2v) is 3.30. The second kappa shape index (κ2) is 4.14. The molecular weight excluding hydrogens is 223 g/mol. The third kappa shape index (κ3) is 1.90. The molecule has 5 nitrogen and oxygen atoms in total. The van der Waals surface area contributed by atoms with Crippen LogP contribution in [0.3, 0.4) is 0 Å². The average molecular weight is 232 g/mol. The first-order chi connectivity index (χ1) is 8.15. The Hall–Kier alpha value is -2.55. The van der Waals surface area contributed by atoms with Crippen molar-refractivity contribution in [1.29, 1.82) is 5.26 Å². The fourth-order valence-electron chi connectivity index (χ4n) is 1.46. The van der Waals surface area contributed by atoms with E-state index in [0.717, 1.165) is 0 Å². The van der Waals surface area contributed by atoms with E-state index in [2.05, 4.69) is 9.97 Å². The number of hydrogen-bond acceptors (Lipinski definition) is 4. The molecule has 0 saturated heterocycles. The number of nitrogen functional groups attached to an aromatic ring is 1. The molecule has 2 aromatic rings.